The third-order valence-electron chi connectivity index (χ3n) is 5.54. The van der Waals surface area contributed by atoms with Crippen molar-refractivity contribution in [2.75, 3.05) is 37.6 Å². The van der Waals surface area contributed by atoms with Crippen LogP contribution in [0.1, 0.15) is 6.42 Å². The third-order valence-corrected chi connectivity index (χ3v) is 5.54. The fourth-order valence-electron chi connectivity index (χ4n) is 3.89. The van der Waals surface area contributed by atoms with Crippen molar-refractivity contribution in [2.24, 2.45) is 5.92 Å². The van der Waals surface area contributed by atoms with Gasteiger partial charge in [0.25, 0.3) is 5.91 Å². The van der Waals surface area contributed by atoms with Crippen LogP contribution in [0.5, 0.6) is 11.5 Å². The molecule has 0 bridgehead atoms. The lowest BCUT2D eigenvalue weighted by Crippen LogP contribution is -2.28. The Morgan fingerprint density at radius 3 is 2.61 bits per heavy atom. The van der Waals surface area contributed by atoms with Gasteiger partial charge in [-0.1, -0.05) is 36.4 Å². The predicted molar refractivity (Wildman–Crippen MR) is 124 cm³/mol. The summed E-state index contributed by atoms with van der Waals surface area (Å²) in [5.41, 5.74) is 1.16. The molecule has 0 aliphatic carbocycles. The standard InChI is InChI=1S/C25H24N2O6/c1-31-18-10-11-22(32-2)20(13-18)26-23(28)15-33-25(30)17-12-24(29)27(14-17)21-9-5-7-16-6-3-4-8-19(16)21/h3-11,13,17H,12,14-15H2,1-2H3,(H,26,28)/t17-/m0/s1. The molecule has 0 unspecified atom stereocenters. The molecule has 1 fully saturated rings. The van der Waals surface area contributed by atoms with Crippen LogP contribution in [0.25, 0.3) is 10.8 Å². The van der Waals surface area contributed by atoms with Crippen LogP contribution in [0.4, 0.5) is 11.4 Å². The largest absolute Gasteiger partial charge is 0.497 e. The lowest BCUT2D eigenvalue weighted by Gasteiger charge is -2.19. The molecule has 0 spiro atoms. The highest BCUT2D eigenvalue weighted by Crippen LogP contribution is 2.32. The smallest absolute Gasteiger partial charge is 0.311 e. The third kappa shape index (κ3) is 4.74. The van der Waals surface area contributed by atoms with Gasteiger partial charge in [0.15, 0.2) is 6.61 Å². The summed E-state index contributed by atoms with van der Waals surface area (Å²) in [6, 6.07) is 18.5. The van der Waals surface area contributed by atoms with Crippen LogP contribution < -0.4 is 19.7 Å². The van der Waals surface area contributed by atoms with Crippen molar-refractivity contribution < 1.29 is 28.6 Å². The number of nitrogens with zero attached hydrogens (tertiary/aromatic N) is 1. The van der Waals surface area contributed by atoms with E-state index in [-0.39, 0.29) is 18.9 Å². The first-order valence-corrected chi connectivity index (χ1v) is 10.5. The van der Waals surface area contributed by atoms with Crippen LogP contribution in [0.15, 0.2) is 60.7 Å². The number of carbonyl (C=O) groups excluding carboxylic acids is 3. The number of methoxy groups -OCH3 is 2. The highest BCUT2D eigenvalue weighted by Gasteiger charge is 2.37. The van der Waals surface area contributed by atoms with Gasteiger partial charge in [-0.25, -0.2) is 0 Å². The van der Waals surface area contributed by atoms with E-state index in [1.165, 1.54) is 14.2 Å². The van der Waals surface area contributed by atoms with Gasteiger partial charge in [-0.15, -0.1) is 0 Å². The number of nitrogens with one attached hydrogen (secondary N) is 1. The summed E-state index contributed by atoms with van der Waals surface area (Å²) in [7, 11) is 3.00. The van der Waals surface area contributed by atoms with Crippen molar-refractivity contribution in [1.82, 2.24) is 0 Å². The molecule has 1 saturated heterocycles. The molecule has 0 aromatic heterocycles. The minimum Gasteiger partial charge on any atom is -0.497 e. The zero-order chi connectivity index (χ0) is 23.4. The number of benzene rings is 3. The van der Waals surface area contributed by atoms with E-state index in [1.807, 2.05) is 42.5 Å². The van der Waals surface area contributed by atoms with Crippen molar-refractivity contribution in [3.8, 4) is 11.5 Å². The molecule has 1 atom stereocenters. The van der Waals surface area contributed by atoms with Crippen molar-refractivity contribution in [2.45, 2.75) is 6.42 Å². The van der Waals surface area contributed by atoms with Gasteiger partial charge in [0.1, 0.15) is 11.5 Å². The van der Waals surface area contributed by atoms with Gasteiger partial charge >= 0.3 is 5.97 Å². The monoisotopic (exact) mass is 448 g/mol. The molecule has 2 amide bonds. The summed E-state index contributed by atoms with van der Waals surface area (Å²) in [4.78, 5) is 39.2. The average Bonchev–Trinajstić information content (AvgIpc) is 3.23. The van der Waals surface area contributed by atoms with Crippen molar-refractivity contribution in [3.63, 3.8) is 0 Å². The Kier molecular flexibility index (Phi) is 6.44. The minimum atomic E-state index is -0.643. The summed E-state index contributed by atoms with van der Waals surface area (Å²) in [6.45, 7) is -0.269. The van der Waals surface area contributed by atoms with Crippen LogP contribution in [-0.4, -0.2) is 45.2 Å². The number of hydrogen-bond donors (Lipinski definition) is 1. The SMILES string of the molecule is COc1ccc(OC)c(NC(=O)COC(=O)[C@H]2CC(=O)N(c3cccc4ccccc34)C2)c1. The van der Waals surface area contributed by atoms with E-state index in [0.717, 1.165) is 16.5 Å². The van der Waals surface area contributed by atoms with Crippen molar-refractivity contribution in [3.05, 3.63) is 60.7 Å². The normalized spacial score (nSPS) is 15.4. The van der Waals surface area contributed by atoms with E-state index in [1.54, 1.807) is 23.1 Å². The van der Waals surface area contributed by atoms with E-state index in [0.29, 0.717) is 17.2 Å². The van der Waals surface area contributed by atoms with Gasteiger partial charge in [-0.3, -0.25) is 14.4 Å². The first kappa shape index (κ1) is 22.1. The first-order chi connectivity index (χ1) is 16.0. The summed E-state index contributed by atoms with van der Waals surface area (Å²) < 4.78 is 15.6. The fraction of sp³-hybridized carbons (Fsp3) is 0.240. The second kappa shape index (κ2) is 9.60. The van der Waals surface area contributed by atoms with E-state index in [9.17, 15) is 14.4 Å². The lowest BCUT2D eigenvalue weighted by molar-refractivity contribution is -0.151. The Bertz CT molecular complexity index is 1200. The van der Waals surface area contributed by atoms with E-state index < -0.39 is 24.4 Å². The highest BCUT2D eigenvalue weighted by atomic mass is 16.5. The molecule has 1 aliphatic heterocycles. The molecule has 33 heavy (non-hydrogen) atoms. The van der Waals surface area contributed by atoms with Gasteiger partial charge in [0, 0.05) is 24.4 Å². The highest BCUT2D eigenvalue weighted by molar-refractivity contribution is 6.06. The maximum atomic E-state index is 12.7. The number of amides is 2. The molecule has 0 radical (unpaired) electrons. The van der Waals surface area contributed by atoms with E-state index in [2.05, 4.69) is 5.32 Å². The van der Waals surface area contributed by atoms with Crippen molar-refractivity contribution in [1.29, 1.82) is 0 Å². The number of anilines is 2. The first-order valence-electron chi connectivity index (χ1n) is 10.5. The van der Waals surface area contributed by atoms with Gasteiger partial charge in [-0.05, 0) is 23.6 Å². The summed E-state index contributed by atoms with van der Waals surface area (Å²) in [6.07, 6.45) is 0.0351. The number of esters is 1. The van der Waals surface area contributed by atoms with E-state index in [4.69, 9.17) is 14.2 Å². The minimum absolute atomic E-state index is 0.0351. The van der Waals surface area contributed by atoms with Gasteiger partial charge < -0.3 is 24.4 Å². The summed E-state index contributed by atoms with van der Waals surface area (Å²) in [5.74, 6) is -0.915. The van der Waals surface area contributed by atoms with Gasteiger partial charge in [-0.2, -0.15) is 0 Å². The van der Waals surface area contributed by atoms with Gasteiger partial charge in [0.05, 0.1) is 31.5 Å². The van der Waals surface area contributed by atoms with Gasteiger partial charge in [0.2, 0.25) is 5.91 Å². The fourth-order valence-corrected chi connectivity index (χ4v) is 3.89. The maximum absolute atomic E-state index is 12.7. The molecule has 170 valence electrons. The Labute approximate surface area is 191 Å². The molecule has 8 heteroatoms. The van der Waals surface area contributed by atoms with E-state index >= 15 is 0 Å². The van der Waals surface area contributed by atoms with Crippen LogP contribution >= 0.6 is 0 Å². The second-order valence-corrected chi connectivity index (χ2v) is 7.63. The number of rotatable bonds is 7. The second-order valence-electron chi connectivity index (χ2n) is 7.63. The summed E-state index contributed by atoms with van der Waals surface area (Å²) in [5, 5.41) is 4.60. The predicted octanol–water partition coefficient (Wildman–Crippen LogP) is 3.39. The number of fused-ring (bicyclic) bond motifs is 1. The molecule has 1 heterocycles. The van der Waals surface area contributed by atoms with Crippen molar-refractivity contribution >= 4 is 39.9 Å². The number of hydrogen-bond acceptors (Lipinski definition) is 6. The molecule has 0 saturated carbocycles. The number of carbonyl (C=O) groups is 3. The quantitative estimate of drug-likeness (QED) is 0.557. The topological polar surface area (TPSA) is 94.2 Å². The van der Waals surface area contributed by atoms with Crippen LogP contribution in [0.3, 0.4) is 0 Å². The Morgan fingerprint density at radius 1 is 1.03 bits per heavy atom. The molecule has 1 aliphatic rings. The Hall–Kier alpha value is -4.07. The molecule has 4 rings (SSSR count). The molecular weight excluding hydrogens is 424 g/mol. The summed E-state index contributed by atoms with van der Waals surface area (Å²) >= 11 is 0. The maximum Gasteiger partial charge on any atom is 0.311 e. The zero-order valence-corrected chi connectivity index (χ0v) is 18.4. The molecule has 3 aromatic rings. The van der Waals surface area contributed by atoms with Crippen LogP contribution in [0.2, 0.25) is 0 Å². The molecular formula is C25H24N2O6. The molecule has 8 nitrogen and oxygen atoms in total. The Balaban J connectivity index is 1.38. The molecule has 1 N–H and O–H groups in total. The number of ether oxygens (including phenoxy) is 3. The lowest BCUT2D eigenvalue weighted by atomic mass is 10.1. The van der Waals surface area contributed by atoms with Crippen LogP contribution in [0, 0.1) is 5.92 Å². The average molecular weight is 448 g/mol. The Morgan fingerprint density at radius 2 is 1.82 bits per heavy atom. The zero-order valence-electron chi connectivity index (χ0n) is 18.4. The van der Waals surface area contributed by atoms with Crippen LogP contribution in [-0.2, 0) is 19.1 Å². The molecule has 3 aromatic carbocycles.